The van der Waals surface area contributed by atoms with Crippen LogP contribution in [0, 0.1) is 5.92 Å². The lowest BCUT2D eigenvalue weighted by Crippen LogP contribution is -2.43. The van der Waals surface area contributed by atoms with E-state index in [-0.39, 0.29) is 5.92 Å². The number of nitrogens with one attached hydrogen (secondary N) is 1. The van der Waals surface area contributed by atoms with Gasteiger partial charge in [-0.2, -0.15) is 0 Å². The van der Waals surface area contributed by atoms with E-state index in [0.29, 0.717) is 0 Å². The van der Waals surface area contributed by atoms with Crippen LogP contribution in [0.3, 0.4) is 0 Å². The monoisotopic (exact) mass is 214 g/mol. The van der Waals surface area contributed by atoms with Crippen molar-refractivity contribution in [3.8, 4) is 0 Å². The van der Waals surface area contributed by atoms with Gasteiger partial charge in [0, 0.05) is 0 Å². The lowest BCUT2D eigenvalue weighted by Gasteiger charge is -2.23. The molecule has 4 heteroatoms. The fraction of sp³-hybridized carbons (Fsp3) is 0.818. The lowest BCUT2D eigenvalue weighted by molar-refractivity contribution is 0.0505. The van der Waals surface area contributed by atoms with Gasteiger partial charge >= 0.3 is 6.09 Å². The second-order valence-corrected chi connectivity index (χ2v) is 4.63. The van der Waals surface area contributed by atoms with E-state index in [1.54, 1.807) is 20.8 Å². The predicted molar refractivity (Wildman–Crippen MR) is 58.3 cm³/mol. The summed E-state index contributed by atoms with van der Waals surface area (Å²) in [4.78, 5) is 21.9. The Bertz CT molecular complexity index is 220. The van der Waals surface area contributed by atoms with E-state index in [1.807, 2.05) is 20.1 Å². The molecular weight excluding hydrogens is 194 g/mol. The first-order valence-corrected chi connectivity index (χ1v) is 5.17. The number of alkyl carbamates (subject to hydrolysis) is 1. The van der Waals surface area contributed by atoms with Crippen molar-refractivity contribution >= 4 is 12.4 Å². The quantitative estimate of drug-likeness (QED) is 0.779. The van der Waals surface area contributed by atoms with Crippen molar-refractivity contribution in [1.29, 1.82) is 0 Å². The minimum absolute atomic E-state index is 0.0648. The van der Waals surface area contributed by atoms with Crippen molar-refractivity contribution in [2.24, 2.45) is 5.92 Å². The molecule has 0 rings (SSSR count). The molecule has 0 aliphatic rings. The summed E-state index contributed by atoms with van der Waals surface area (Å²) < 4.78 is 5.04. The molecule has 0 saturated heterocycles. The van der Waals surface area contributed by atoms with Crippen molar-refractivity contribution < 1.29 is 14.3 Å². The van der Waals surface area contributed by atoms with Crippen molar-refractivity contribution in [2.45, 2.75) is 52.7 Å². The van der Waals surface area contributed by atoms with E-state index >= 15 is 0 Å². The van der Waals surface area contributed by atoms with Gasteiger partial charge in [-0.05, 0) is 26.7 Å². The van der Waals surface area contributed by atoms with E-state index in [2.05, 4.69) is 5.32 Å². The number of rotatable bonds is 4. The number of hydrogen-bond acceptors (Lipinski definition) is 3. The SMILES string of the molecule is CC[C@H](C)[C@@H]([C]=O)NC(=O)OC(C)(C)C. The summed E-state index contributed by atoms with van der Waals surface area (Å²) in [5, 5.41) is 2.49. The molecule has 87 valence electrons. The van der Waals surface area contributed by atoms with Gasteiger partial charge in [0.05, 0.1) is 0 Å². The van der Waals surface area contributed by atoms with Gasteiger partial charge in [-0.1, -0.05) is 20.3 Å². The minimum atomic E-state index is -0.593. The Morgan fingerprint density at radius 3 is 2.33 bits per heavy atom. The second kappa shape index (κ2) is 5.73. The average Bonchev–Trinajstić information content (AvgIpc) is 2.10. The van der Waals surface area contributed by atoms with Gasteiger partial charge < -0.3 is 10.1 Å². The number of hydrogen-bond donors (Lipinski definition) is 1. The number of amides is 1. The van der Waals surface area contributed by atoms with E-state index in [4.69, 9.17) is 4.74 Å². The van der Waals surface area contributed by atoms with Crippen molar-refractivity contribution in [2.75, 3.05) is 0 Å². The highest BCUT2D eigenvalue weighted by Gasteiger charge is 2.22. The molecular formula is C11H20NO3. The third-order valence-electron chi connectivity index (χ3n) is 2.01. The Morgan fingerprint density at radius 2 is 2.00 bits per heavy atom. The van der Waals surface area contributed by atoms with Crippen LogP contribution in [0.4, 0.5) is 4.79 Å². The van der Waals surface area contributed by atoms with Crippen LogP contribution in [0.5, 0.6) is 0 Å². The number of carbonyl (C=O) groups is 1. The Kier molecular flexibility index (Phi) is 5.33. The molecule has 0 aromatic rings. The molecule has 0 bridgehead atoms. The second-order valence-electron chi connectivity index (χ2n) is 4.63. The van der Waals surface area contributed by atoms with Gasteiger partial charge in [0.2, 0.25) is 6.29 Å². The van der Waals surface area contributed by atoms with E-state index in [0.717, 1.165) is 6.42 Å². The van der Waals surface area contributed by atoms with Crippen LogP contribution < -0.4 is 5.32 Å². The van der Waals surface area contributed by atoms with Gasteiger partial charge in [-0.25, -0.2) is 4.79 Å². The molecule has 1 amide bonds. The van der Waals surface area contributed by atoms with Crippen molar-refractivity contribution in [3.05, 3.63) is 0 Å². The molecule has 0 aliphatic heterocycles. The standard InChI is InChI=1S/C11H20NO3/c1-6-8(2)9(7-13)12-10(14)15-11(3,4)5/h8-9H,6H2,1-5H3,(H,12,14)/t8-,9+/m0/s1. The minimum Gasteiger partial charge on any atom is -0.444 e. The predicted octanol–water partition coefficient (Wildman–Crippen LogP) is 2.04. The van der Waals surface area contributed by atoms with Crippen LogP contribution >= 0.6 is 0 Å². The highest BCUT2D eigenvalue weighted by atomic mass is 16.6. The van der Waals surface area contributed by atoms with E-state index in [9.17, 15) is 9.59 Å². The third kappa shape index (κ3) is 6.10. The van der Waals surface area contributed by atoms with Crippen molar-refractivity contribution in [3.63, 3.8) is 0 Å². The summed E-state index contributed by atoms with van der Waals surface area (Å²) in [5.41, 5.74) is -0.549. The fourth-order valence-corrected chi connectivity index (χ4v) is 0.958. The van der Waals surface area contributed by atoms with Crippen LogP contribution in [0.25, 0.3) is 0 Å². The van der Waals surface area contributed by atoms with Gasteiger partial charge in [0.15, 0.2) is 0 Å². The maximum Gasteiger partial charge on any atom is 0.408 e. The van der Waals surface area contributed by atoms with Gasteiger partial charge in [-0.15, -0.1) is 0 Å². The molecule has 4 nitrogen and oxygen atoms in total. The summed E-state index contributed by atoms with van der Waals surface area (Å²) in [7, 11) is 0. The van der Waals surface area contributed by atoms with Crippen LogP contribution in [-0.2, 0) is 9.53 Å². The third-order valence-corrected chi connectivity index (χ3v) is 2.01. The van der Waals surface area contributed by atoms with Gasteiger partial charge in [0.1, 0.15) is 11.6 Å². The fourth-order valence-electron chi connectivity index (χ4n) is 0.958. The first kappa shape index (κ1) is 13.9. The smallest absolute Gasteiger partial charge is 0.408 e. The molecule has 15 heavy (non-hydrogen) atoms. The van der Waals surface area contributed by atoms with E-state index in [1.165, 1.54) is 0 Å². The highest BCUT2D eigenvalue weighted by molar-refractivity contribution is 5.73. The van der Waals surface area contributed by atoms with E-state index < -0.39 is 17.7 Å². The molecule has 0 saturated carbocycles. The maximum atomic E-state index is 11.3. The van der Waals surface area contributed by atoms with Crippen LogP contribution in [-0.4, -0.2) is 24.0 Å². The number of ether oxygens (including phenoxy) is 1. The van der Waals surface area contributed by atoms with Crippen LogP contribution in [0.1, 0.15) is 41.0 Å². The molecule has 2 atom stereocenters. The largest absolute Gasteiger partial charge is 0.444 e. The molecule has 1 radical (unpaired) electrons. The van der Waals surface area contributed by atoms with Crippen molar-refractivity contribution in [1.82, 2.24) is 5.32 Å². The summed E-state index contributed by atoms with van der Waals surface area (Å²) in [6, 6.07) is -0.593. The lowest BCUT2D eigenvalue weighted by atomic mass is 10.0. The zero-order valence-corrected chi connectivity index (χ0v) is 10.1. The Hall–Kier alpha value is -1.06. The molecule has 0 unspecified atom stereocenters. The topological polar surface area (TPSA) is 55.4 Å². The summed E-state index contributed by atoms with van der Waals surface area (Å²) in [6.07, 6.45) is 2.04. The molecule has 0 aliphatic carbocycles. The van der Waals surface area contributed by atoms with Crippen LogP contribution in [0.2, 0.25) is 0 Å². The number of carbonyl (C=O) groups excluding carboxylic acids is 2. The average molecular weight is 214 g/mol. The maximum absolute atomic E-state index is 11.3. The zero-order chi connectivity index (χ0) is 12.1. The summed E-state index contributed by atoms with van der Waals surface area (Å²) in [5.74, 6) is 0.0648. The molecule has 0 aromatic carbocycles. The summed E-state index contributed by atoms with van der Waals surface area (Å²) >= 11 is 0. The first-order chi connectivity index (χ1) is 6.80. The highest BCUT2D eigenvalue weighted by Crippen LogP contribution is 2.09. The zero-order valence-electron chi connectivity index (χ0n) is 10.1. The molecule has 0 spiro atoms. The molecule has 0 heterocycles. The molecule has 1 N–H and O–H groups in total. The normalized spacial score (nSPS) is 15.3. The molecule has 0 aromatic heterocycles. The Morgan fingerprint density at radius 1 is 1.47 bits per heavy atom. The Balaban J connectivity index is 4.19. The molecule has 0 fully saturated rings. The Labute approximate surface area is 91.4 Å². The van der Waals surface area contributed by atoms with Gasteiger partial charge in [-0.3, -0.25) is 4.79 Å². The van der Waals surface area contributed by atoms with Crippen LogP contribution in [0.15, 0.2) is 0 Å². The first-order valence-electron chi connectivity index (χ1n) is 5.17. The van der Waals surface area contributed by atoms with Gasteiger partial charge in [0.25, 0.3) is 0 Å². The summed E-state index contributed by atoms with van der Waals surface area (Å²) in [6.45, 7) is 9.15.